The van der Waals surface area contributed by atoms with Crippen molar-refractivity contribution in [1.29, 1.82) is 0 Å². The standard InChI is InChI=1S/C14H28N4O/c1-16(2)8-7-15-14(19)18-11-9-17(10-12-18)13-5-3-4-6-13/h13H,3-12H2,1-2H3,(H,15,19). The summed E-state index contributed by atoms with van der Waals surface area (Å²) in [5.41, 5.74) is 0. The van der Waals surface area contributed by atoms with E-state index in [2.05, 4.69) is 15.1 Å². The van der Waals surface area contributed by atoms with Crippen molar-refractivity contribution in [2.75, 3.05) is 53.4 Å². The molecule has 2 fully saturated rings. The number of urea groups is 1. The van der Waals surface area contributed by atoms with Crippen LogP contribution in [0.4, 0.5) is 4.79 Å². The summed E-state index contributed by atoms with van der Waals surface area (Å²) in [6.45, 7) is 5.48. The van der Waals surface area contributed by atoms with E-state index in [0.717, 1.165) is 45.3 Å². The van der Waals surface area contributed by atoms with Crippen LogP contribution in [0.15, 0.2) is 0 Å². The highest BCUT2D eigenvalue weighted by molar-refractivity contribution is 5.74. The van der Waals surface area contributed by atoms with Crippen molar-refractivity contribution in [2.24, 2.45) is 0 Å². The number of hydrogen-bond donors (Lipinski definition) is 1. The summed E-state index contributed by atoms with van der Waals surface area (Å²) >= 11 is 0. The lowest BCUT2D eigenvalue weighted by atomic mass is 10.2. The molecule has 5 nitrogen and oxygen atoms in total. The van der Waals surface area contributed by atoms with Gasteiger partial charge in [-0.15, -0.1) is 0 Å². The summed E-state index contributed by atoms with van der Waals surface area (Å²) in [7, 11) is 4.04. The number of likely N-dealkylation sites (N-methyl/N-ethyl adjacent to an activating group) is 1. The van der Waals surface area contributed by atoms with E-state index >= 15 is 0 Å². The summed E-state index contributed by atoms with van der Waals surface area (Å²) in [5, 5.41) is 2.99. The van der Waals surface area contributed by atoms with Crippen molar-refractivity contribution >= 4 is 6.03 Å². The Bertz CT molecular complexity index is 281. The molecule has 2 rings (SSSR count). The fourth-order valence-corrected chi connectivity index (χ4v) is 3.06. The zero-order chi connectivity index (χ0) is 13.7. The Morgan fingerprint density at radius 1 is 1.16 bits per heavy atom. The number of amides is 2. The van der Waals surface area contributed by atoms with Crippen LogP contribution in [-0.4, -0.2) is 80.1 Å². The van der Waals surface area contributed by atoms with Crippen LogP contribution in [0.25, 0.3) is 0 Å². The quantitative estimate of drug-likeness (QED) is 0.820. The number of nitrogens with zero attached hydrogens (tertiary/aromatic N) is 3. The zero-order valence-electron chi connectivity index (χ0n) is 12.4. The topological polar surface area (TPSA) is 38.8 Å². The number of rotatable bonds is 4. The summed E-state index contributed by atoms with van der Waals surface area (Å²) in [4.78, 5) is 18.6. The van der Waals surface area contributed by atoms with Gasteiger partial charge in [-0.05, 0) is 26.9 Å². The molecule has 1 aliphatic carbocycles. The van der Waals surface area contributed by atoms with Crippen LogP contribution in [0, 0.1) is 0 Å². The maximum atomic E-state index is 12.0. The van der Waals surface area contributed by atoms with E-state index in [4.69, 9.17) is 0 Å². The lowest BCUT2D eigenvalue weighted by Crippen LogP contribution is -2.54. The minimum absolute atomic E-state index is 0.105. The summed E-state index contributed by atoms with van der Waals surface area (Å²) in [6, 6.07) is 0.895. The first-order valence-electron chi connectivity index (χ1n) is 7.58. The molecule has 0 radical (unpaired) electrons. The maximum absolute atomic E-state index is 12.0. The van der Waals surface area contributed by atoms with E-state index in [1.54, 1.807) is 0 Å². The van der Waals surface area contributed by atoms with Gasteiger partial charge in [-0.2, -0.15) is 0 Å². The third kappa shape index (κ3) is 4.35. The Labute approximate surface area is 116 Å². The second-order valence-electron chi connectivity index (χ2n) is 6.00. The molecule has 0 aromatic carbocycles. The van der Waals surface area contributed by atoms with Crippen LogP contribution in [0.2, 0.25) is 0 Å². The van der Waals surface area contributed by atoms with Gasteiger partial charge >= 0.3 is 6.03 Å². The predicted molar refractivity (Wildman–Crippen MR) is 77.4 cm³/mol. The number of carbonyl (C=O) groups is 1. The van der Waals surface area contributed by atoms with Crippen molar-refractivity contribution in [3.63, 3.8) is 0 Å². The molecule has 0 unspecified atom stereocenters. The van der Waals surface area contributed by atoms with Crippen molar-refractivity contribution < 1.29 is 4.79 Å². The van der Waals surface area contributed by atoms with Crippen molar-refractivity contribution in [1.82, 2.24) is 20.0 Å². The second kappa shape index (κ2) is 7.10. The number of piperazine rings is 1. The van der Waals surface area contributed by atoms with Crippen LogP contribution in [0.3, 0.4) is 0 Å². The van der Waals surface area contributed by atoms with Gasteiger partial charge in [0.2, 0.25) is 0 Å². The molecule has 5 heteroatoms. The Kier molecular flexibility index (Phi) is 5.45. The molecule has 0 atom stereocenters. The number of carbonyl (C=O) groups excluding carboxylic acids is 1. The first-order valence-corrected chi connectivity index (χ1v) is 7.58. The molecule has 1 aliphatic heterocycles. The normalized spacial score (nSPS) is 22.2. The predicted octanol–water partition coefficient (Wildman–Crippen LogP) is 0.818. The summed E-state index contributed by atoms with van der Waals surface area (Å²) < 4.78 is 0. The van der Waals surface area contributed by atoms with Gasteiger partial charge < -0.3 is 15.1 Å². The van der Waals surface area contributed by atoms with E-state index < -0.39 is 0 Å². The first-order chi connectivity index (χ1) is 9.16. The van der Waals surface area contributed by atoms with Crippen LogP contribution >= 0.6 is 0 Å². The van der Waals surface area contributed by atoms with Gasteiger partial charge in [0.25, 0.3) is 0 Å². The second-order valence-corrected chi connectivity index (χ2v) is 6.00. The van der Waals surface area contributed by atoms with E-state index in [9.17, 15) is 4.79 Å². The third-order valence-electron chi connectivity index (χ3n) is 4.28. The van der Waals surface area contributed by atoms with Gasteiger partial charge in [0.1, 0.15) is 0 Å². The molecule has 0 spiro atoms. The third-order valence-corrected chi connectivity index (χ3v) is 4.28. The molecule has 1 N–H and O–H groups in total. The van der Waals surface area contributed by atoms with Crippen molar-refractivity contribution in [2.45, 2.75) is 31.7 Å². The summed E-state index contributed by atoms with van der Waals surface area (Å²) in [6.07, 6.45) is 5.48. The molecular weight excluding hydrogens is 240 g/mol. The average molecular weight is 268 g/mol. The fraction of sp³-hybridized carbons (Fsp3) is 0.929. The van der Waals surface area contributed by atoms with Crippen LogP contribution < -0.4 is 5.32 Å². The van der Waals surface area contributed by atoms with Crippen molar-refractivity contribution in [3.8, 4) is 0 Å². The minimum Gasteiger partial charge on any atom is -0.337 e. The van der Waals surface area contributed by atoms with E-state index in [1.165, 1.54) is 25.7 Å². The lowest BCUT2D eigenvalue weighted by molar-refractivity contribution is 0.109. The largest absolute Gasteiger partial charge is 0.337 e. The summed E-state index contributed by atoms with van der Waals surface area (Å²) in [5.74, 6) is 0. The Morgan fingerprint density at radius 2 is 1.79 bits per heavy atom. The van der Waals surface area contributed by atoms with Gasteiger partial charge in [0, 0.05) is 45.3 Å². The molecule has 0 aromatic heterocycles. The monoisotopic (exact) mass is 268 g/mol. The highest BCUT2D eigenvalue weighted by Crippen LogP contribution is 2.24. The zero-order valence-corrected chi connectivity index (χ0v) is 12.4. The van der Waals surface area contributed by atoms with Gasteiger partial charge in [-0.3, -0.25) is 4.90 Å². The highest BCUT2D eigenvalue weighted by atomic mass is 16.2. The Morgan fingerprint density at radius 3 is 2.37 bits per heavy atom. The molecule has 2 amide bonds. The van der Waals surface area contributed by atoms with Gasteiger partial charge in [-0.25, -0.2) is 4.79 Å². The number of nitrogens with one attached hydrogen (secondary N) is 1. The van der Waals surface area contributed by atoms with Gasteiger partial charge in [0.05, 0.1) is 0 Å². The van der Waals surface area contributed by atoms with Crippen LogP contribution in [0.1, 0.15) is 25.7 Å². The van der Waals surface area contributed by atoms with Gasteiger partial charge in [0.15, 0.2) is 0 Å². The number of hydrogen-bond acceptors (Lipinski definition) is 3. The smallest absolute Gasteiger partial charge is 0.317 e. The van der Waals surface area contributed by atoms with Gasteiger partial charge in [-0.1, -0.05) is 12.8 Å². The minimum atomic E-state index is 0.105. The SMILES string of the molecule is CN(C)CCNC(=O)N1CCN(C2CCCC2)CC1. The van der Waals surface area contributed by atoms with Crippen molar-refractivity contribution in [3.05, 3.63) is 0 Å². The lowest BCUT2D eigenvalue weighted by Gasteiger charge is -2.38. The first kappa shape index (κ1) is 14.6. The maximum Gasteiger partial charge on any atom is 0.317 e. The average Bonchev–Trinajstić information content (AvgIpc) is 2.92. The molecule has 1 heterocycles. The molecular formula is C14H28N4O. The molecule has 1 saturated heterocycles. The highest BCUT2D eigenvalue weighted by Gasteiger charge is 2.27. The van der Waals surface area contributed by atoms with E-state index in [-0.39, 0.29) is 6.03 Å². The molecule has 0 bridgehead atoms. The van der Waals surface area contributed by atoms with E-state index in [0.29, 0.717) is 0 Å². The molecule has 110 valence electrons. The van der Waals surface area contributed by atoms with Crippen LogP contribution in [0.5, 0.6) is 0 Å². The molecule has 19 heavy (non-hydrogen) atoms. The molecule has 2 aliphatic rings. The fourth-order valence-electron chi connectivity index (χ4n) is 3.06. The molecule has 1 saturated carbocycles. The van der Waals surface area contributed by atoms with E-state index in [1.807, 2.05) is 19.0 Å². The Hall–Kier alpha value is -0.810. The molecule has 0 aromatic rings. The Balaban J connectivity index is 1.66. The van der Waals surface area contributed by atoms with Crippen LogP contribution in [-0.2, 0) is 0 Å².